The molecule has 1 aliphatic heterocycles. The van der Waals surface area contributed by atoms with Crippen molar-refractivity contribution in [2.45, 2.75) is 0 Å². The molecule has 0 amide bonds. The molecule has 0 unspecified atom stereocenters. The normalized spacial score (nSPS) is 22.1. The van der Waals surface area contributed by atoms with Crippen LogP contribution < -0.4 is 0 Å². The molecule has 1 aliphatic rings. The summed E-state index contributed by atoms with van der Waals surface area (Å²) in [6.45, 7) is 0. The topological polar surface area (TPSA) is 26.3 Å². The number of esters is 1. The number of cyclic esters (lactones) is 1. The number of allylic oxidation sites excluding steroid dienone is 1. The first kappa shape index (κ1) is 5.56. The van der Waals surface area contributed by atoms with Crippen LogP contribution in [0.15, 0.2) is 22.9 Å². The maximum Gasteiger partial charge on any atom is 0.336 e. The number of hydrogen-bond acceptors (Lipinski definition) is 2. The van der Waals surface area contributed by atoms with Crippen LogP contribution in [0.1, 0.15) is 0 Å². The minimum atomic E-state index is -0.310. The van der Waals surface area contributed by atoms with E-state index in [1.807, 2.05) is 0 Å². The van der Waals surface area contributed by atoms with Crippen LogP contribution in [0.2, 0.25) is 0 Å². The highest BCUT2D eigenvalue weighted by Gasteiger charge is 2.06. The van der Waals surface area contributed by atoms with Gasteiger partial charge in [0.15, 0.2) is 0 Å². The van der Waals surface area contributed by atoms with Crippen LogP contribution in [0.3, 0.4) is 0 Å². The smallest absolute Gasteiger partial charge is 0.336 e. The van der Waals surface area contributed by atoms with E-state index in [1.165, 1.54) is 6.08 Å². The summed E-state index contributed by atoms with van der Waals surface area (Å²) in [5, 5.41) is 0. The molecule has 0 bridgehead atoms. The lowest BCUT2D eigenvalue weighted by Crippen LogP contribution is -1.88. The van der Waals surface area contributed by atoms with Gasteiger partial charge in [-0.3, -0.25) is 0 Å². The monoisotopic (exact) mass is 174 g/mol. The van der Waals surface area contributed by atoms with Gasteiger partial charge in [0.2, 0.25) is 0 Å². The van der Waals surface area contributed by atoms with Crippen molar-refractivity contribution in [3.8, 4) is 0 Å². The third-order valence-corrected chi connectivity index (χ3v) is 1.16. The number of carbonyl (C=O) groups is 1. The average Bonchev–Trinajstić information content (AvgIpc) is 2.14. The number of hydrogen-bond donors (Lipinski definition) is 0. The first-order valence-corrected chi connectivity index (χ1v) is 2.95. The summed E-state index contributed by atoms with van der Waals surface area (Å²) >= 11 is 3.01. The molecule has 0 radical (unpaired) electrons. The minimum Gasteiger partial charge on any atom is -0.423 e. The second kappa shape index (κ2) is 2.13. The largest absolute Gasteiger partial charge is 0.423 e. The Morgan fingerprint density at radius 2 is 2.38 bits per heavy atom. The summed E-state index contributed by atoms with van der Waals surface area (Å²) in [5.74, 6) is 0.241. The fraction of sp³-hybridized carbons (Fsp3) is 0. The Bertz CT molecular complexity index is 169. The summed E-state index contributed by atoms with van der Waals surface area (Å²) in [6.07, 6.45) is 2.96. The number of halogens is 1. The van der Waals surface area contributed by atoms with Crippen LogP contribution >= 0.6 is 15.9 Å². The van der Waals surface area contributed by atoms with E-state index in [2.05, 4.69) is 20.7 Å². The zero-order valence-corrected chi connectivity index (χ0v) is 5.51. The molecule has 0 saturated carbocycles. The maximum absolute atomic E-state index is 10.2. The lowest BCUT2D eigenvalue weighted by molar-refractivity contribution is -0.132. The molecule has 3 heteroatoms. The summed E-state index contributed by atoms with van der Waals surface area (Å²) < 4.78 is 4.57. The van der Waals surface area contributed by atoms with Gasteiger partial charge in [-0.2, -0.15) is 0 Å². The fourth-order valence-corrected chi connectivity index (χ4v) is 0.639. The second-order valence-electron chi connectivity index (χ2n) is 1.27. The van der Waals surface area contributed by atoms with Crippen molar-refractivity contribution in [3.05, 3.63) is 22.9 Å². The molecule has 0 aliphatic carbocycles. The average molecular weight is 175 g/mol. The van der Waals surface area contributed by atoms with Gasteiger partial charge in [0.1, 0.15) is 5.76 Å². The van der Waals surface area contributed by atoms with E-state index in [0.29, 0.717) is 5.76 Å². The van der Waals surface area contributed by atoms with E-state index in [-0.39, 0.29) is 5.97 Å². The number of ether oxygens (including phenoxy) is 1. The molecule has 0 aromatic heterocycles. The fourth-order valence-electron chi connectivity index (χ4n) is 0.393. The van der Waals surface area contributed by atoms with Crippen molar-refractivity contribution >= 4 is 21.9 Å². The lowest BCUT2D eigenvalue weighted by Gasteiger charge is -1.88. The Labute approximate surface area is 55.0 Å². The Morgan fingerprint density at radius 1 is 1.62 bits per heavy atom. The maximum atomic E-state index is 10.2. The van der Waals surface area contributed by atoms with Gasteiger partial charge in [-0.05, 0) is 6.08 Å². The molecule has 0 spiro atoms. The molecule has 8 heavy (non-hydrogen) atoms. The van der Waals surface area contributed by atoms with Gasteiger partial charge in [-0.25, -0.2) is 4.79 Å². The van der Waals surface area contributed by atoms with Crippen molar-refractivity contribution in [1.29, 1.82) is 0 Å². The molecule has 0 atom stereocenters. The highest BCUT2D eigenvalue weighted by Crippen LogP contribution is 2.09. The summed E-state index contributed by atoms with van der Waals surface area (Å²) in [6, 6.07) is 0. The standard InChI is InChI=1S/C5H3BrO2/c6-3-4-1-2-5(7)8-4/h1-3H/b4-3-. The number of rotatable bonds is 0. The van der Waals surface area contributed by atoms with Crippen molar-refractivity contribution in [2.75, 3.05) is 0 Å². The van der Waals surface area contributed by atoms with Crippen LogP contribution in [0.4, 0.5) is 0 Å². The Kier molecular flexibility index (Phi) is 1.48. The van der Waals surface area contributed by atoms with Crippen molar-refractivity contribution in [3.63, 3.8) is 0 Å². The van der Waals surface area contributed by atoms with Gasteiger partial charge in [-0.15, -0.1) is 0 Å². The van der Waals surface area contributed by atoms with Gasteiger partial charge >= 0.3 is 5.97 Å². The molecule has 0 aromatic carbocycles. The van der Waals surface area contributed by atoms with Gasteiger partial charge in [0.05, 0.1) is 0 Å². The molecular formula is C5H3BrO2. The summed E-state index contributed by atoms with van der Waals surface area (Å²) in [4.78, 5) is 11.8. The van der Waals surface area contributed by atoms with E-state index in [4.69, 9.17) is 0 Å². The van der Waals surface area contributed by atoms with E-state index in [9.17, 15) is 4.79 Å². The highest BCUT2D eigenvalue weighted by molar-refractivity contribution is 9.11. The Balaban J connectivity index is 2.73. The molecule has 0 fully saturated rings. The molecule has 1 heterocycles. The predicted octanol–water partition coefficient (Wildman–Crippen LogP) is 1.34. The third-order valence-electron chi connectivity index (χ3n) is 0.710. The zero-order chi connectivity index (χ0) is 5.98. The van der Waals surface area contributed by atoms with Crippen LogP contribution in [0, 0.1) is 0 Å². The van der Waals surface area contributed by atoms with Gasteiger partial charge in [0.25, 0.3) is 0 Å². The Morgan fingerprint density at radius 3 is 2.62 bits per heavy atom. The molecule has 2 nitrogen and oxygen atoms in total. The minimum absolute atomic E-state index is 0.310. The third kappa shape index (κ3) is 0.980. The molecular weight excluding hydrogens is 172 g/mol. The van der Waals surface area contributed by atoms with Gasteiger partial charge < -0.3 is 4.74 Å². The quantitative estimate of drug-likeness (QED) is 0.519. The van der Waals surface area contributed by atoms with Crippen LogP contribution in [0.5, 0.6) is 0 Å². The molecule has 42 valence electrons. The molecule has 0 aromatic rings. The molecule has 1 rings (SSSR count). The summed E-state index contributed by atoms with van der Waals surface area (Å²) in [7, 11) is 0. The van der Waals surface area contributed by atoms with Crippen LogP contribution in [-0.4, -0.2) is 5.97 Å². The predicted molar refractivity (Wildman–Crippen MR) is 32.2 cm³/mol. The first-order valence-electron chi connectivity index (χ1n) is 2.03. The second-order valence-corrected chi connectivity index (χ2v) is 1.72. The lowest BCUT2D eigenvalue weighted by atomic mass is 10.5. The van der Waals surface area contributed by atoms with E-state index in [1.54, 1.807) is 11.1 Å². The zero-order valence-electron chi connectivity index (χ0n) is 3.93. The van der Waals surface area contributed by atoms with E-state index < -0.39 is 0 Å². The van der Waals surface area contributed by atoms with Crippen molar-refractivity contribution in [2.24, 2.45) is 0 Å². The van der Waals surface area contributed by atoms with Crippen LogP contribution in [-0.2, 0) is 9.53 Å². The highest BCUT2D eigenvalue weighted by atomic mass is 79.9. The van der Waals surface area contributed by atoms with Gasteiger partial charge in [0, 0.05) is 11.1 Å². The number of carbonyl (C=O) groups excluding carboxylic acids is 1. The summed E-state index contributed by atoms with van der Waals surface area (Å²) in [5.41, 5.74) is 0. The first-order chi connectivity index (χ1) is 3.83. The molecule has 0 N–H and O–H groups in total. The van der Waals surface area contributed by atoms with E-state index >= 15 is 0 Å². The van der Waals surface area contributed by atoms with Gasteiger partial charge in [-0.1, -0.05) is 15.9 Å². The van der Waals surface area contributed by atoms with Crippen molar-refractivity contribution in [1.82, 2.24) is 0 Å². The van der Waals surface area contributed by atoms with Crippen molar-refractivity contribution < 1.29 is 9.53 Å². The van der Waals surface area contributed by atoms with Crippen LogP contribution in [0.25, 0.3) is 0 Å². The SMILES string of the molecule is O=C1C=C/C(=C/Br)O1. The molecule has 0 saturated heterocycles. The van der Waals surface area contributed by atoms with E-state index in [0.717, 1.165) is 0 Å². The Hall–Kier alpha value is -0.570.